The molecule has 0 radical (unpaired) electrons. The SMILES string of the molecule is COC(=O)c1ccc(CC2(C)OC(c3cccc(Cl)c3)C(c3ccc(C)c(F)c3)N(C(CSC(C)(C)C)C3CC3)C2=O)nc1. The molecule has 1 aromatic heterocycles. The van der Waals surface area contributed by atoms with E-state index in [1.54, 1.807) is 31.2 Å². The van der Waals surface area contributed by atoms with Crippen molar-refractivity contribution in [1.29, 1.82) is 0 Å². The highest BCUT2D eigenvalue weighted by atomic mass is 35.5. The molecule has 234 valence electrons. The van der Waals surface area contributed by atoms with Crippen molar-refractivity contribution in [3.05, 3.63) is 99.6 Å². The molecule has 4 atom stereocenters. The summed E-state index contributed by atoms with van der Waals surface area (Å²) >= 11 is 8.33. The molecular formula is C35H40ClFN2O4S. The van der Waals surface area contributed by atoms with Crippen LogP contribution in [0.3, 0.4) is 0 Å². The average molecular weight is 639 g/mol. The van der Waals surface area contributed by atoms with Crippen LogP contribution in [0, 0.1) is 18.7 Å². The average Bonchev–Trinajstić information content (AvgIpc) is 3.82. The first-order valence-electron chi connectivity index (χ1n) is 15.0. The van der Waals surface area contributed by atoms with E-state index in [-0.39, 0.29) is 28.9 Å². The summed E-state index contributed by atoms with van der Waals surface area (Å²) < 4.78 is 26.9. The van der Waals surface area contributed by atoms with Gasteiger partial charge in [-0.05, 0) is 79.6 Å². The minimum atomic E-state index is -1.30. The summed E-state index contributed by atoms with van der Waals surface area (Å²) in [6, 6.07) is 15.4. The number of benzene rings is 2. The van der Waals surface area contributed by atoms with Crippen LogP contribution in [0.5, 0.6) is 0 Å². The molecule has 1 saturated carbocycles. The summed E-state index contributed by atoms with van der Waals surface area (Å²) in [5.74, 6) is 0.118. The maximum absolute atomic E-state index is 15.2. The molecule has 1 aliphatic heterocycles. The number of morpholine rings is 1. The Morgan fingerprint density at radius 2 is 1.93 bits per heavy atom. The molecule has 4 unspecified atom stereocenters. The Morgan fingerprint density at radius 3 is 2.52 bits per heavy atom. The van der Waals surface area contributed by atoms with Gasteiger partial charge in [0.05, 0.1) is 18.7 Å². The minimum Gasteiger partial charge on any atom is -0.465 e. The van der Waals surface area contributed by atoms with E-state index in [1.807, 2.05) is 47.9 Å². The van der Waals surface area contributed by atoms with Gasteiger partial charge in [-0.1, -0.05) is 56.6 Å². The zero-order chi connectivity index (χ0) is 31.8. The number of nitrogens with zero attached hydrogens (tertiary/aromatic N) is 2. The van der Waals surface area contributed by atoms with Crippen molar-refractivity contribution in [2.75, 3.05) is 12.9 Å². The van der Waals surface area contributed by atoms with Gasteiger partial charge in [0, 0.05) is 39.9 Å². The second kappa shape index (κ2) is 12.8. The highest BCUT2D eigenvalue weighted by Crippen LogP contribution is 2.51. The number of halogens is 2. The number of rotatable bonds is 9. The summed E-state index contributed by atoms with van der Waals surface area (Å²) in [4.78, 5) is 33.4. The maximum atomic E-state index is 15.2. The molecule has 0 N–H and O–H groups in total. The number of carbonyl (C=O) groups is 2. The molecule has 1 amide bonds. The van der Waals surface area contributed by atoms with Crippen LogP contribution in [-0.4, -0.2) is 51.0 Å². The molecule has 9 heteroatoms. The number of ether oxygens (including phenoxy) is 2. The molecule has 2 aliphatic rings. The van der Waals surface area contributed by atoms with Crippen molar-refractivity contribution in [2.45, 2.75) is 82.4 Å². The second-order valence-corrected chi connectivity index (χ2v) is 15.3. The van der Waals surface area contributed by atoms with Crippen LogP contribution in [0.1, 0.15) is 85.4 Å². The van der Waals surface area contributed by atoms with Crippen molar-refractivity contribution in [2.24, 2.45) is 5.92 Å². The fourth-order valence-corrected chi connectivity index (χ4v) is 7.15. The van der Waals surface area contributed by atoms with Crippen LogP contribution in [0.2, 0.25) is 5.02 Å². The van der Waals surface area contributed by atoms with Crippen LogP contribution in [-0.2, 0) is 20.7 Å². The fourth-order valence-electron chi connectivity index (χ4n) is 5.85. The van der Waals surface area contributed by atoms with Crippen LogP contribution in [0.4, 0.5) is 4.39 Å². The van der Waals surface area contributed by atoms with E-state index in [9.17, 15) is 9.59 Å². The van der Waals surface area contributed by atoms with Gasteiger partial charge in [-0.2, -0.15) is 11.8 Å². The number of esters is 1. The Hall–Kier alpha value is -2.94. The zero-order valence-corrected chi connectivity index (χ0v) is 27.7. The number of aromatic nitrogens is 1. The summed E-state index contributed by atoms with van der Waals surface area (Å²) in [6.07, 6.45) is 3.07. The highest BCUT2D eigenvalue weighted by Gasteiger charge is 2.55. The van der Waals surface area contributed by atoms with Gasteiger partial charge in [-0.15, -0.1) is 0 Å². The van der Waals surface area contributed by atoms with Crippen molar-refractivity contribution < 1.29 is 23.5 Å². The molecule has 2 fully saturated rings. The van der Waals surface area contributed by atoms with Gasteiger partial charge in [0.25, 0.3) is 5.91 Å². The zero-order valence-electron chi connectivity index (χ0n) is 26.1. The van der Waals surface area contributed by atoms with E-state index in [4.69, 9.17) is 21.1 Å². The maximum Gasteiger partial charge on any atom is 0.339 e. The molecule has 44 heavy (non-hydrogen) atoms. The monoisotopic (exact) mass is 638 g/mol. The second-order valence-electron chi connectivity index (χ2n) is 13.0. The Balaban J connectivity index is 1.64. The van der Waals surface area contributed by atoms with Gasteiger partial charge in [-0.3, -0.25) is 9.78 Å². The predicted octanol–water partition coefficient (Wildman–Crippen LogP) is 7.92. The molecule has 1 aliphatic carbocycles. The predicted molar refractivity (Wildman–Crippen MR) is 172 cm³/mol. The first-order valence-corrected chi connectivity index (χ1v) is 16.4. The highest BCUT2D eigenvalue weighted by molar-refractivity contribution is 8.00. The molecule has 5 rings (SSSR count). The topological polar surface area (TPSA) is 68.7 Å². The van der Waals surface area contributed by atoms with Gasteiger partial charge in [0.1, 0.15) is 11.9 Å². The standard InChI is InChI=1S/C35H40ClFN2O4S/c1-21-10-11-23(17-28(21)37)30-31(24-8-7-9-26(36)16-24)43-35(5,18-27-15-14-25(19-38-27)32(40)42-6)33(41)39(30)29(22-12-13-22)20-44-34(2,3)4/h7-11,14-17,19,22,29-31H,12-13,18,20H2,1-6H3. The van der Waals surface area contributed by atoms with E-state index in [0.29, 0.717) is 33.3 Å². The molecule has 2 heterocycles. The van der Waals surface area contributed by atoms with Crippen molar-refractivity contribution in [1.82, 2.24) is 9.88 Å². The third kappa shape index (κ3) is 7.13. The summed E-state index contributed by atoms with van der Waals surface area (Å²) in [5.41, 5.74) is 1.65. The Kier molecular flexibility index (Phi) is 9.45. The lowest BCUT2D eigenvalue weighted by Crippen LogP contribution is -2.62. The Morgan fingerprint density at radius 1 is 1.18 bits per heavy atom. The lowest BCUT2D eigenvalue weighted by atomic mass is 9.85. The minimum absolute atomic E-state index is 0.00506. The summed E-state index contributed by atoms with van der Waals surface area (Å²) in [6.45, 7) is 10.1. The molecule has 0 bridgehead atoms. The van der Waals surface area contributed by atoms with E-state index in [2.05, 4.69) is 25.8 Å². The van der Waals surface area contributed by atoms with Crippen molar-refractivity contribution in [3.63, 3.8) is 0 Å². The van der Waals surface area contributed by atoms with Gasteiger partial charge >= 0.3 is 5.97 Å². The van der Waals surface area contributed by atoms with Crippen LogP contribution >= 0.6 is 23.4 Å². The van der Waals surface area contributed by atoms with Crippen LogP contribution in [0.15, 0.2) is 60.8 Å². The summed E-state index contributed by atoms with van der Waals surface area (Å²) in [5, 5.41) is 0.548. The number of hydrogen-bond acceptors (Lipinski definition) is 6. The number of amides is 1. The van der Waals surface area contributed by atoms with E-state index < -0.39 is 23.7 Å². The van der Waals surface area contributed by atoms with E-state index in [1.165, 1.54) is 19.4 Å². The number of pyridine rings is 1. The Bertz CT molecular complexity index is 1520. The first kappa shape index (κ1) is 32.5. The molecule has 3 aromatic rings. The molecular weight excluding hydrogens is 599 g/mol. The molecule has 2 aromatic carbocycles. The van der Waals surface area contributed by atoms with E-state index in [0.717, 1.165) is 24.2 Å². The van der Waals surface area contributed by atoms with Crippen molar-refractivity contribution in [3.8, 4) is 0 Å². The summed E-state index contributed by atoms with van der Waals surface area (Å²) in [7, 11) is 1.32. The largest absolute Gasteiger partial charge is 0.465 e. The fraction of sp³-hybridized carbons (Fsp3) is 0.457. The number of thioether (sulfide) groups is 1. The van der Waals surface area contributed by atoms with Crippen molar-refractivity contribution >= 4 is 35.2 Å². The molecule has 6 nitrogen and oxygen atoms in total. The lowest BCUT2D eigenvalue weighted by Gasteiger charge is -2.52. The van der Waals surface area contributed by atoms with E-state index >= 15 is 4.39 Å². The Labute approximate surface area is 268 Å². The van der Waals surface area contributed by atoms with Gasteiger partial charge in [-0.25, -0.2) is 9.18 Å². The van der Waals surface area contributed by atoms with Gasteiger partial charge < -0.3 is 14.4 Å². The smallest absolute Gasteiger partial charge is 0.339 e. The molecule has 0 spiro atoms. The number of aryl methyl sites for hydroxylation is 1. The number of methoxy groups -OCH3 is 1. The molecule has 1 saturated heterocycles. The number of carbonyl (C=O) groups excluding carboxylic acids is 2. The first-order chi connectivity index (χ1) is 20.8. The normalized spacial score (nSPS) is 23.0. The quantitative estimate of drug-likeness (QED) is 0.222. The van der Waals surface area contributed by atoms with Gasteiger partial charge in [0.2, 0.25) is 0 Å². The third-order valence-electron chi connectivity index (χ3n) is 8.35. The van der Waals surface area contributed by atoms with Gasteiger partial charge in [0.15, 0.2) is 5.60 Å². The lowest BCUT2D eigenvalue weighted by molar-refractivity contribution is -0.202. The van der Waals surface area contributed by atoms with Crippen LogP contribution < -0.4 is 0 Å². The third-order valence-corrected chi connectivity index (χ3v) is 9.96. The number of hydrogen-bond donors (Lipinski definition) is 0. The van der Waals surface area contributed by atoms with Crippen LogP contribution in [0.25, 0.3) is 0 Å².